The maximum atomic E-state index is 12.5. The van der Waals surface area contributed by atoms with Gasteiger partial charge in [0.1, 0.15) is 11.8 Å². The van der Waals surface area contributed by atoms with Crippen molar-refractivity contribution in [2.45, 2.75) is 18.9 Å². The van der Waals surface area contributed by atoms with Crippen LogP contribution in [-0.2, 0) is 9.59 Å². The Morgan fingerprint density at radius 3 is 2.54 bits per heavy atom. The highest BCUT2D eigenvalue weighted by molar-refractivity contribution is 7.98. The van der Waals surface area contributed by atoms with Crippen molar-refractivity contribution >= 4 is 29.5 Å². The van der Waals surface area contributed by atoms with Crippen molar-refractivity contribution in [1.82, 2.24) is 15.5 Å². The summed E-state index contributed by atoms with van der Waals surface area (Å²) in [5, 5.41) is 5.49. The van der Waals surface area contributed by atoms with Gasteiger partial charge in [0.15, 0.2) is 0 Å². The van der Waals surface area contributed by atoms with Gasteiger partial charge in [0.05, 0.1) is 12.7 Å². The zero-order valence-electron chi connectivity index (χ0n) is 15.7. The molecule has 0 bridgehead atoms. The van der Waals surface area contributed by atoms with Crippen LogP contribution in [0.3, 0.4) is 0 Å². The molecule has 0 aliphatic carbocycles. The first-order valence-electron chi connectivity index (χ1n) is 8.31. The fourth-order valence-corrected chi connectivity index (χ4v) is 2.68. The molecule has 1 unspecified atom stereocenters. The number of para-hydroxylation sites is 1. The van der Waals surface area contributed by atoms with Gasteiger partial charge in [-0.1, -0.05) is 12.1 Å². The lowest BCUT2D eigenvalue weighted by atomic mass is 10.1. The van der Waals surface area contributed by atoms with Crippen molar-refractivity contribution in [3.63, 3.8) is 0 Å². The van der Waals surface area contributed by atoms with Gasteiger partial charge in [-0.15, -0.1) is 0 Å². The third kappa shape index (κ3) is 6.95. The van der Waals surface area contributed by atoms with Gasteiger partial charge in [0.2, 0.25) is 11.8 Å². The van der Waals surface area contributed by atoms with Crippen LogP contribution in [0.2, 0.25) is 0 Å². The van der Waals surface area contributed by atoms with Crippen molar-refractivity contribution in [2.24, 2.45) is 0 Å². The fourth-order valence-electron chi connectivity index (χ4n) is 2.21. The zero-order chi connectivity index (χ0) is 19.5. The van der Waals surface area contributed by atoms with E-state index in [0.717, 1.165) is 5.75 Å². The Hall–Kier alpha value is -2.22. The first-order chi connectivity index (χ1) is 12.4. The summed E-state index contributed by atoms with van der Waals surface area (Å²) < 4.78 is 5.20. The van der Waals surface area contributed by atoms with E-state index < -0.39 is 6.04 Å². The van der Waals surface area contributed by atoms with Gasteiger partial charge in [-0.25, -0.2) is 0 Å². The number of carbonyl (C=O) groups excluding carboxylic acids is 3. The Labute approximate surface area is 158 Å². The Bertz CT molecular complexity index is 622. The maximum Gasteiger partial charge on any atom is 0.255 e. The van der Waals surface area contributed by atoms with Crippen LogP contribution in [0.4, 0.5) is 0 Å². The van der Waals surface area contributed by atoms with Gasteiger partial charge < -0.3 is 20.3 Å². The predicted octanol–water partition coefficient (Wildman–Crippen LogP) is 1.14. The van der Waals surface area contributed by atoms with E-state index in [4.69, 9.17) is 4.74 Å². The summed E-state index contributed by atoms with van der Waals surface area (Å²) in [5.74, 6) is 0.442. The van der Waals surface area contributed by atoms with Crippen LogP contribution in [0.25, 0.3) is 0 Å². The molecule has 144 valence electrons. The van der Waals surface area contributed by atoms with E-state index in [9.17, 15) is 14.4 Å². The molecule has 26 heavy (non-hydrogen) atoms. The molecule has 3 amide bonds. The van der Waals surface area contributed by atoms with Crippen LogP contribution >= 0.6 is 11.8 Å². The Morgan fingerprint density at radius 2 is 1.92 bits per heavy atom. The van der Waals surface area contributed by atoms with E-state index in [1.807, 2.05) is 6.26 Å². The third-order valence-electron chi connectivity index (χ3n) is 3.72. The van der Waals surface area contributed by atoms with E-state index in [2.05, 4.69) is 10.6 Å². The Balaban J connectivity index is 2.71. The maximum absolute atomic E-state index is 12.5. The van der Waals surface area contributed by atoms with Crippen molar-refractivity contribution in [3.8, 4) is 5.75 Å². The average Bonchev–Trinajstić information content (AvgIpc) is 2.64. The molecule has 0 aliphatic rings. The summed E-state index contributed by atoms with van der Waals surface area (Å²) in [6.07, 6.45) is 2.65. The molecule has 0 saturated carbocycles. The van der Waals surface area contributed by atoms with Crippen molar-refractivity contribution in [2.75, 3.05) is 39.8 Å². The number of thioether (sulfide) groups is 1. The van der Waals surface area contributed by atoms with Crippen molar-refractivity contribution in [1.29, 1.82) is 0 Å². The number of hydrogen-bond donors (Lipinski definition) is 2. The Morgan fingerprint density at radius 1 is 1.23 bits per heavy atom. The van der Waals surface area contributed by atoms with Gasteiger partial charge in [0.25, 0.3) is 5.91 Å². The van der Waals surface area contributed by atoms with Crippen LogP contribution in [0.1, 0.15) is 23.2 Å². The molecule has 8 heteroatoms. The lowest BCUT2D eigenvalue weighted by molar-refractivity contribution is -0.128. The number of amides is 3. The molecule has 0 saturated heterocycles. The number of rotatable bonds is 10. The first-order valence-corrected chi connectivity index (χ1v) is 9.70. The number of hydrogen-bond acceptors (Lipinski definition) is 5. The number of nitrogens with one attached hydrogen (secondary N) is 2. The molecular weight excluding hydrogens is 354 g/mol. The molecule has 0 radical (unpaired) electrons. The van der Waals surface area contributed by atoms with Gasteiger partial charge in [0, 0.05) is 27.1 Å². The minimum Gasteiger partial charge on any atom is -0.496 e. The van der Waals surface area contributed by atoms with Gasteiger partial charge in [-0.3, -0.25) is 14.4 Å². The average molecular weight is 381 g/mol. The number of benzene rings is 1. The van der Waals surface area contributed by atoms with E-state index in [1.54, 1.807) is 50.1 Å². The monoisotopic (exact) mass is 381 g/mol. The van der Waals surface area contributed by atoms with E-state index in [0.29, 0.717) is 17.7 Å². The smallest absolute Gasteiger partial charge is 0.255 e. The summed E-state index contributed by atoms with van der Waals surface area (Å²) in [6, 6.07) is 6.18. The van der Waals surface area contributed by atoms with Gasteiger partial charge in [-0.2, -0.15) is 11.8 Å². The highest BCUT2D eigenvalue weighted by Gasteiger charge is 2.22. The fraction of sp³-hybridized carbons (Fsp3) is 0.500. The van der Waals surface area contributed by atoms with Crippen molar-refractivity contribution in [3.05, 3.63) is 29.8 Å². The standard InChI is InChI=1S/C18H27N3O4S/c1-21(2)16(22)9-11-19-18(24)14(10-12-26-4)20-17(23)13-7-5-6-8-15(13)25-3/h5-8,14H,9-12H2,1-4H3,(H,19,24)(H,20,23). The zero-order valence-corrected chi connectivity index (χ0v) is 16.5. The van der Waals surface area contributed by atoms with E-state index in [1.165, 1.54) is 12.0 Å². The molecule has 1 atom stereocenters. The molecule has 0 aromatic heterocycles. The highest BCUT2D eigenvalue weighted by atomic mass is 32.2. The summed E-state index contributed by atoms with van der Waals surface area (Å²) in [7, 11) is 4.82. The molecule has 1 aromatic carbocycles. The Kier molecular flexibility index (Phi) is 9.57. The normalized spacial score (nSPS) is 11.4. The molecule has 0 spiro atoms. The second kappa shape index (κ2) is 11.4. The second-order valence-electron chi connectivity index (χ2n) is 5.84. The minimum atomic E-state index is -0.672. The highest BCUT2D eigenvalue weighted by Crippen LogP contribution is 2.17. The molecule has 1 rings (SSSR count). The minimum absolute atomic E-state index is 0.0657. The number of methoxy groups -OCH3 is 1. The molecule has 1 aromatic rings. The topological polar surface area (TPSA) is 87.7 Å². The summed E-state index contributed by atoms with van der Waals surface area (Å²) in [6.45, 7) is 0.232. The molecule has 0 aliphatic heterocycles. The number of nitrogens with zero attached hydrogens (tertiary/aromatic N) is 1. The van der Waals surface area contributed by atoms with E-state index >= 15 is 0 Å². The number of carbonyl (C=O) groups is 3. The molecular formula is C18H27N3O4S. The summed E-state index contributed by atoms with van der Waals surface area (Å²) in [5.41, 5.74) is 0.375. The lowest BCUT2D eigenvalue weighted by Crippen LogP contribution is -2.47. The molecule has 7 nitrogen and oxygen atoms in total. The largest absolute Gasteiger partial charge is 0.496 e. The predicted molar refractivity (Wildman–Crippen MR) is 104 cm³/mol. The summed E-state index contributed by atoms with van der Waals surface area (Å²) >= 11 is 1.59. The van der Waals surface area contributed by atoms with Gasteiger partial charge in [-0.05, 0) is 30.6 Å². The van der Waals surface area contributed by atoms with Crippen LogP contribution in [0.5, 0.6) is 5.75 Å². The SMILES string of the molecule is COc1ccccc1C(=O)NC(CCSC)C(=O)NCCC(=O)N(C)C. The molecule has 0 fully saturated rings. The van der Waals surface area contributed by atoms with Crippen LogP contribution in [0.15, 0.2) is 24.3 Å². The van der Waals surface area contributed by atoms with Crippen LogP contribution < -0.4 is 15.4 Å². The second-order valence-corrected chi connectivity index (χ2v) is 6.82. The lowest BCUT2D eigenvalue weighted by Gasteiger charge is -2.19. The first kappa shape index (κ1) is 21.8. The molecule has 0 heterocycles. The molecule has 2 N–H and O–H groups in total. The number of ether oxygens (including phenoxy) is 1. The third-order valence-corrected chi connectivity index (χ3v) is 4.36. The van der Waals surface area contributed by atoms with Gasteiger partial charge >= 0.3 is 0 Å². The van der Waals surface area contributed by atoms with Crippen molar-refractivity contribution < 1.29 is 19.1 Å². The van der Waals surface area contributed by atoms with Crippen LogP contribution in [0, 0.1) is 0 Å². The van der Waals surface area contributed by atoms with Crippen LogP contribution in [-0.4, -0.2) is 68.4 Å². The summed E-state index contributed by atoms with van der Waals surface area (Å²) in [4.78, 5) is 38.0. The quantitative estimate of drug-likeness (QED) is 0.635. The van der Waals surface area contributed by atoms with E-state index in [-0.39, 0.29) is 30.7 Å².